The Morgan fingerprint density at radius 3 is 2.56 bits per heavy atom. The van der Waals surface area contributed by atoms with Gasteiger partial charge in [0.15, 0.2) is 0 Å². The van der Waals surface area contributed by atoms with Gasteiger partial charge in [-0.25, -0.2) is 0 Å². The van der Waals surface area contributed by atoms with E-state index >= 15 is 0 Å². The molecule has 1 amide bonds. The largest absolute Gasteiger partial charge is 0.396 e. The van der Waals surface area contributed by atoms with Crippen LogP contribution in [0.3, 0.4) is 0 Å². The van der Waals surface area contributed by atoms with Crippen molar-refractivity contribution in [3.8, 4) is 0 Å². The third-order valence-electron chi connectivity index (χ3n) is 3.66. The van der Waals surface area contributed by atoms with Crippen molar-refractivity contribution in [3.05, 3.63) is 35.9 Å². The fraction of sp³-hybridized carbons (Fsp3) is 0.533. The molecule has 1 aromatic carbocycles. The fourth-order valence-electron chi connectivity index (χ4n) is 2.61. The maximum atomic E-state index is 12.1. The lowest BCUT2D eigenvalue weighted by Crippen LogP contribution is -2.33. The molecule has 1 aromatic rings. The molecule has 1 aliphatic carbocycles. The summed E-state index contributed by atoms with van der Waals surface area (Å²) in [4.78, 5) is 12.1. The number of rotatable bonds is 5. The molecule has 0 radical (unpaired) electrons. The van der Waals surface area contributed by atoms with Crippen LogP contribution in [0, 0.1) is 5.92 Å². The van der Waals surface area contributed by atoms with Crippen LogP contribution >= 0.6 is 0 Å². The molecule has 1 unspecified atom stereocenters. The highest BCUT2D eigenvalue weighted by atomic mass is 16.3. The van der Waals surface area contributed by atoms with Crippen molar-refractivity contribution in [1.29, 1.82) is 0 Å². The lowest BCUT2D eigenvalue weighted by molar-refractivity contribution is -0.125. The van der Waals surface area contributed by atoms with Crippen LogP contribution in [0.4, 0.5) is 0 Å². The lowest BCUT2D eigenvalue weighted by Gasteiger charge is -2.20. The van der Waals surface area contributed by atoms with Crippen LogP contribution < -0.4 is 5.32 Å². The van der Waals surface area contributed by atoms with Crippen LogP contribution in [-0.2, 0) is 4.79 Å². The molecular formula is C15H21NO2. The molecule has 0 aliphatic heterocycles. The van der Waals surface area contributed by atoms with E-state index in [2.05, 4.69) is 5.32 Å². The van der Waals surface area contributed by atoms with Crippen molar-refractivity contribution in [2.75, 3.05) is 6.61 Å². The summed E-state index contributed by atoms with van der Waals surface area (Å²) in [7, 11) is 0. The number of hydrogen-bond acceptors (Lipinski definition) is 2. The number of aliphatic hydroxyl groups is 1. The molecule has 0 spiro atoms. The summed E-state index contributed by atoms with van der Waals surface area (Å²) in [5.74, 6) is 0.324. The van der Waals surface area contributed by atoms with Gasteiger partial charge in [0.25, 0.3) is 0 Å². The summed E-state index contributed by atoms with van der Waals surface area (Å²) < 4.78 is 0. The molecule has 0 bridgehead atoms. The highest BCUT2D eigenvalue weighted by molar-refractivity contribution is 5.79. The zero-order valence-corrected chi connectivity index (χ0v) is 10.6. The fourth-order valence-corrected chi connectivity index (χ4v) is 2.61. The first-order chi connectivity index (χ1) is 8.81. The first-order valence-electron chi connectivity index (χ1n) is 6.77. The van der Waals surface area contributed by atoms with Gasteiger partial charge >= 0.3 is 0 Å². The van der Waals surface area contributed by atoms with Crippen molar-refractivity contribution in [3.63, 3.8) is 0 Å². The quantitative estimate of drug-likeness (QED) is 0.839. The minimum Gasteiger partial charge on any atom is -0.396 e. The van der Waals surface area contributed by atoms with E-state index in [0.717, 1.165) is 31.2 Å². The number of hydrogen-bond donors (Lipinski definition) is 2. The van der Waals surface area contributed by atoms with E-state index in [-0.39, 0.29) is 24.5 Å². The van der Waals surface area contributed by atoms with Crippen LogP contribution in [0.15, 0.2) is 30.3 Å². The van der Waals surface area contributed by atoms with Gasteiger partial charge in [-0.2, -0.15) is 0 Å². The van der Waals surface area contributed by atoms with E-state index in [1.807, 2.05) is 30.3 Å². The van der Waals surface area contributed by atoms with Crippen LogP contribution in [-0.4, -0.2) is 17.6 Å². The molecule has 18 heavy (non-hydrogen) atoms. The van der Waals surface area contributed by atoms with Gasteiger partial charge in [-0.3, -0.25) is 4.79 Å². The van der Waals surface area contributed by atoms with Crippen LogP contribution in [0.25, 0.3) is 0 Å². The maximum Gasteiger partial charge on any atom is 0.223 e. The van der Waals surface area contributed by atoms with Crippen LogP contribution in [0.5, 0.6) is 0 Å². The first-order valence-corrected chi connectivity index (χ1v) is 6.77. The van der Waals surface area contributed by atoms with Crippen LogP contribution in [0.2, 0.25) is 0 Å². The number of nitrogens with one attached hydrogen (secondary N) is 1. The molecule has 2 N–H and O–H groups in total. The zero-order chi connectivity index (χ0) is 12.8. The summed E-state index contributed by atoms with van der Waals surface area (Å²) >= 11 is 0. The monoisotopic (exact) mass is 247 g/mol. The summed E-state index contributed by atoms with van der Waals surface area (Å²) in [6.07, 6.45) is 4.91. The number of amides is 1. The molecule has 98 valence electrons. The molecule has 1 aliphatic rings. The van der Waals surface area contributed by atoms with Gasteiger partial charge < -0.3 is 10.4 Å². The second kappa shape index (κ2) is 6.55. The van der Waals surface area contributed by atoms with E-state index in [4.69, 9.17) is 5.11 Å². The molecule has 0 saturated heterocycles. The first kappa shape index (κ1) is 13.1. The SMILES string of the molecule is O=C(NC(CCO)c1ccccc1)C1CCCC1. The summed E-state index contributed by atoms with van der Waals surface area (Å²) in [6.45, 7) is 0.0878. The van der Waals surface area contributed by atoms with Gasteiger partial charge in [-0.05, 0) is 24.8 Å². The second-order valence-corrected chi connectivity index (χ2v) is 4.97. The molecule has 0 heterocycles. The molecule has 1 atom stereocenters. The van der Waals surface area contributed by atoms with E-state index in [1.165, 1.54) is 0 Å². The Bertz CT molecular complexity index is 371. The van der Waals surface area contributed by atoms with E-state index in [9.17, 15) is 4.79 Å². The highest BCUT2D eigenvalue weighted by Gasteiger charge is 2.24. The number of aliphatic hydroxyl groups excluding tert-OH is 1. The number of carbonyl (C=O) groups is 1. The van der Waals surface area contributed by atoms with Gasteiger partial charge in [0.2, 0.25) is 5.91 Å². The van der Waals surface area contributed by atoms with E-state index < -0.39 is 0 Å². The Kier molecular flexibility index (Phi) is 4.76. The third-order valence-corrected chi connectivity index (χ3v) is 3.66. The molecule has 3 nitrogen and oxygen atoms in total. The average Bonchev–Trinajstić information content (AvgIpc) is 2.93. The third kappa shape index (κ3) is 3.33. The van der Waals surface area contributed by atoms with Crippen molar-refractivity contribution >= 4 is 5.91 Å². The zero-order valence-electron chi connectivity index (χ0n) is 10.6. The topological polar surface area (TPSA) is 49.3 Å². The van der Waals surface area contributed by atoms with Crippen molar-refractivity contribution in [1.82, 2.24) is 5.32 Å². The second-order valence-electron chi connectivity index (χ2n) is 4.97. The van der Waals surface area contributed by atoms with Crippen molar-refractivity contribution < 1.29 is 9.90 Å². The minimum atomic E-state index is -0.0655. The maximum absolute atomic E-state index is 12.1. The number of benzene rings is 1. The summed E-state index contributed by atoms with van der Waals surface area (Å²) in [5, 5.41) is 12.2. The Morgan fingerprint density at radius 1 is 1.28 bits per heavy atom. The predicted octanol–water partition coefficient (Wildman–Crippen LogP) is 2.42. The molecule has 2 rings (SSSR count). The van der Waals surface area contributed by atoms with E-state index in [1.54, 1.807) is 0 Å². The standard InChI is InChI=1S/C15H21NO2/c17-11-10-14(12-6-2-1-3-7-12)16-15(18)13-8-4-5-9-13/h1-3,6-7,13-14,17H,4-5,8-11H2,(H,16,18). The molecule has 1 saturated carbocycles. The van der Waals surface area contributed by atoms with Crippen LogP contribution in [0.1, 0.15) is 43.7 Å². The Balaban J connectivity index is 1.99. The van der Waals surface area contributed by atoms with E-state index in [0.29, 0.717) is 6.42 Å². The Morgan fingerprint density at radius 2 is 1.94 bits per heavy atom. The van der Waals surface area contributed by atoms with Crippen molar-refractivity contribution in [2.45, 2.75) is 38.1 Å². The molecule has 0 aromatic heterocycles. The van der Waals surface area contributed by atoms with Gasteiger partial charge in [-0.1, -0.05) is 43.2 Å². The summed E-state index contributed by atoms with van der Waals surface area (Å²) in [6, 6.07) is 9.80. The lowest BCUT2D eigenvalue weighted by atomic mass is 10.0. The van der Waals surface area contributed by atoms with Gasteiger partial charge in [0, 0.05) is 12.5 Å². The van der Waals surface area contributed by atoms with Crippen molar-refractivity contribution in [2.24, 2.45) is 5.92 Å². The highest BCUT2D eigenvalue weighted by Crippen LogP contribution is 2.26. The minimum absolute atomic E-state index is 0.0655. The molecule has 3 heteroatoms. The average molecular weight is 247 g/mol. The van der Waals surface area contributed by atoms with Gasteiger partial charge in [0.05, 0.1) is 6.04 Å². The molecular weight excluding hydrogens is 226 g/mol. The molecule has 1 fully saturated rings. The Labute approximate surface area is 108 Å². The Hall–Kier alpha value is -1.35. The number of carbonyl (C=O) groups excluding carboxylic acids is 1. The smallest absolute Gasteiger partial charge is 0.223 e. The van der Waals surface area contributed by atoms with Gasteiger partial charge in [0.1, 0.15) is 0 Å². The predicted molar refractivity (Wildman–Crippen MR) is 71.0 cm³/mol. The van der Waals surface area contributed by atoms with Gasteiger partial charge in [-0.15, -0.1) is 0 Å². The summed E-state index contributed by atoms with van der Waals surface area (Å²) in [5.41, 5.74) is 1.07. The normalized spacial score (nSPS) is 17.6.